The Hall–Kier alpha value is -2.86. The van der Waals surface area contributed by atoms with E-state index in [-0.39, 0.29) is 11.7 Å². The van der Waals surface area contributed by atoms with Crippen molar-refractivity contribution in [2.75, 3.05) is 38.5 Å². The zero-order valence-corrected chi connectivity index (χ0v) is 21.0. The Morgan fingerprint density at radius 3 is 2.80 bits per heavy atom. The second-order valence-electron chi connectivity index (χ2n) is 8.69. The first-order valence-corrected chi connectivity index (χ1v) is 12.6. The SMILES string of the molecule is C=CCN1CC[C@H](NC(=O)C(=O)Nc2ccc(Cl)cn2)[C@H](NC(=O)c2nc3c(s2)CN(C)CC3)C1. The number of rotatable bonds is 6. The molecular weight excluding hydrogens is 490 g/mol. The van der Waals surface area contributed by atoms with Gasteiger partial charge in [0.2, 0.25) is 0 Å². The summed E-state index contributed by atoms with van der Waals surface area (Å²) in [7, 11) is 2.05. The Labute approximate surface area is 212 Å². The molecule has 1 saturated heterocycles. The highest BCUT2D eigenvalue weighted by Gasteiger charge is 2.33. The molecule has 3 amide bonds. The third-order valence-corrected chi connectivity index (χ3v) is 7.31. The molecule has 0 aromatic carbocycles. The number of piperidine rings is 1. The van der Waals surface area contributed by atoms with Crippen LogP contribution >= 0.6 is 22.9 Å². The van der Waals surface area contributed by atoms with E-state index in [9.17, 15) is 14.4 Å². The molecule has 2 aliphatic rings. The number of aromatic nitrogens is 2. The number of fused-ring (bicyclic) bond motifs is 1. The number of carbonyl (C=O) groups excluding carboxylic acids is 3. The molecule has 1 fully saturated rings. The van der Waals surface area contributed by atoms with Gasteiger partial charge in [0.05, 0.1) is 22.8 Å². The molecule has 0 spiro atoms. The molecule has 35 heavy (non-hydrogen) atoms. The van der Waals surface area contributed by atoms with Crippen LogP contribution in [0.3, 0.4) is 0 Å². The first-order valence-electron chi connectivity index (χ1n) is 11.4. The minimum atomic E-state index is -0.838. The van der Waals surface area contributed by atoms with Crippen molar-refractivity contribution in [3.8, 4) is 0 Å². The highest BCUT2D eigenvalue weighted by Crippen LogP contribution is 2.25. The summed E-state index contributed by atoms with van der Waals surface area (Å²) < 4.78 is 0. The van der Waals surface area contributed by atoms with Crippen LogP contribution in [0, 0.1) is 0 Å². The van der Waals surface area contributed by atoms with E-state index in [0.717, 1.165) is 30.1 Å². The lowest BCUT2D eigenvalue weighted by Crippen LogP contribution is -2.61. The number of likely N-dealkylation sites (tertiary alicyclic amines) is 1. The van der Waals surface area contributed by atoms with Crippen LogP contribution < -0.4 is 16.0 Å². The van der Waals surface area contributed by atoms with Gasteiger partial charge in [-0.1, -0.05) is 17.7 Å². The first-order chi connectivity index (χ1) is 16.8. The maximum Gasteiger partial charge on any atom is 0.314 e. The van der Waals surface area contributed by atoms with Crippen LogP contribution in [0.4, 0.5) is 5.82 Å². The van der Waals surface area contributed by atoms with E-state index in [4.69, 9.17) is 11.6 Å². The molecule has 4 heterocycles. The van der Waals surface area contributed by atoms with Crippen LogP contribution in [-0.2, 0) is 22.6 Å². The second kappa shape index (κ2) is 11.3. The van der Waals surface area contributed by atoms with Crippen molar-refractivity contribution in [3.63, 3.8) is 0 Å². The van der Waals surface area contributed by atoms with Gasteiger partial charge in [-0.05, 0) is 25.6 Å². The van der Waals surface area contributed by atoms with Crippen LogP contribution in [0.1, 0.15) is 26.8 Å². The predicted octanol–water partition coefficient (Wildman–Crippen LogP) is 1.29. The molecule has 0 bridgehead atoms. The van der Waals surface area contributed by atoms with Crippen molar-refractivity contribution in [2.45, 2.75) is 31.5 Å². The number of nitrogens with zero attached hydrogens (tertiary/aromatic N) is 4. The third-order valence-electron chi connectivity index (χ3n) is 6.01. The molecule has 2 aromatic heterocycles. The number of halogens is 1. The van der Waals surface area contributed by atoms with Gasteiger partial charge in [0.15, 0.2) is 5.01 Å². The lowest BCUT2D eigenvalue weighted by molar-refractivity contribution is -0.137. The lowest BCUT2D eigenvalue weighted by Gasteiger charge is -2.38. The quantitative estimate of drug-likeness (QED) is 0.390. The van der Waals surface area contributed by atoms with Gasteiger partial charge in [-0.15, -0.1) is 17.9 Å². The fraction of sp³-hybridized carbons (Fsp3) is 0.435. The zero-order valence-electron chi connectivity index (χ0n) is 19.4. The summed E-state index contributed by atoms with van der Waals surface area (Å²) in [6.45, 7) is 7.36. The van der Waals surface area contributed by atoms with Gasteiger partial charge >= 0.3 is 11.8 Å². The van der Waals surface area contributed by atoms with Crippen molar-refractivity contribution in [1.82, 2.24) is 30.4 Å². The maximum atomic E-state index is 13.1. The molecule has 0 radical (unpaired) electrons. The number of hydrogen-bond acceptors (Lipinski definition) is 8. The normalized spacial score (nSPS) is 20.5. The van der Waals surface area contributed by atoms with Gasteiger partial charge in [0.25, 0.3) is 5.91 Å². The van der Waals surface area contributed by atoms with Gasteiger partial charge < -0.3 is 20.9 Å². The largest absolute Gasteiger partial charge is 0.344 e. The van der Waals surface area contributed by atoms with Crippen molar-refractivity contribution in [1.29, 1.82) is 0 Å². The molecular formula is C23H28ClN7O3S. The molecule has 2 aliphatic heterocycles. The molecule has 12 heteroatoms. The van der Waals surface area contributed by atoms with E-state index >= 15 is 0 Å². The number of hydrogen-bond donors (Lipinski definition) is 3. The Morgan fingerprint density at radius 1 is 1.23 bits per heavy atom. The minimum Gasteiger partial charge on any atom is -0.344 e. The van der Waals surface area contributed by atoms with Crippen LogP contribution in [0.5, 0.6) is 0 Å². The van der Waals surface area contributed by atoms with Crippen molar-refractivity contribution in [2.24, 2.45) is 0 Å². The average Bonchev–Trinajstić information content (AvgIpc) is 3.25. The molecule has 2 aromatic rings. The van der Waals surface area contributed by atoms with Gasteiger partial charge in [0.1, 0.15) is 5.82 Å². The average molecular weight is 518 g/mol. The van der Waals surface area contributed by atoms with Gasteiger partial charge in [-0.2, -0.15) is 0 Å². The molecule has 4 rings (SSSR count). The Morgan fingerprint density at radius 2 is 2.06 bits per heavy atom. The van der Waals surface area contributed by atoms with Crippen LogP contribution in [0.15, 0.2) is 31.0 Å². The third kappa shape index (κ3) is 6.43. The van der Waals surface area contributed by atoms with E-state index in [1.807, 2.05) is 7.05 Å². The molecule has 2 atom stereocenters. The smallest absolute Gasteiger partial charge is 0.314 e. The summed E-state index contributed by atoms with van der Waals surface area (Å²) in [6.07, 6.45) is 4.57. The molecule has 0 saturated carbocycles. The minimum absolute atomic E-state index is 0.221. The highest BCUT2D eigenvalue weighted by molar-refractivity contribution is 7.13. The standard InChI is InChI=1S/C23H28ClN7O3S/c1-3-8-31-10-7-15(26-20(32)21(33)29-19-5-4-14(24)11-25-19)17(12-31)27-22(34)23-28-16-6-9-30(2)13-18(16)35-23/h3-5,11,15,17H,1,6-10,12-13H2,2H3,(H,26,32)(H,27,34)(H,25,29,33)/t15-,17+/m0/s1. The van der Waals surface area contributed by atoms with Crippen molar-refractivity contribution < 1.29 is 14.4 Å². The zero-order chi connectivity index (χ0) is 24.9. The summed E-state index contributed by atoms with van der Waals surface area (Å²) in [4.78, 5) is 52.1. The van der Waals surface area contributed by atoms with Crippen molar-refractivity contribution >= 4 is 46.5 Å². The van der Waals surface area contributed by atoms with Gasteiger partial charge in [-0.3, -0.25) is 19.3 Å². The Bertz CT molecular complexity index is 1110. The summed E-state index contributed by atoms with van der Waals surface area (Å²) in [6, 6.07) is 2.26. The number of nitrogens with one attached hydrogen (secondary N) is 3. The number of amides is 3. The molecule has 0 aliphatic carbocycles. The van der Waals surface area contributed by atoms with Crippen molar-refractivity contribution in [3.05, 3.63) is 51.6 Å². The highest BCUT2D eigenvalue weighted by atomic mass is 35.5. The van der Waals surface area contributed by atoms with E-state index in [0.29, 0.717) is 36.1 Å². The number of anilines is 1. The van der Waals surface area contributed by atoms with E-state index < -0.39 is 23.9 Å². The van der Waals surface area contributed by atoms with Crippen LogP contribution in [-0.4, -0.2) is 82.8 Å². The van der Waals surface area contributed by atoms with E-state index in [1.165, 1.54) is 23.6 Å². The topological polar surface area (TPSA) is 120 Å². The Balaban J connectivity index is 1.42. The summed E-state index contributed by atoms with van der Waals surface area (Å²) in [5.41, 5.74) is 0.979. The first kappa shape index (κ1) is 25.2. The summed E-state index contributed by atoms with van der Waals surface area (Å²) in [5, 5.41) is 9.12. The summed E-state index contributed by atoms with van der Waals surface area (Å²) in [5.74, 6) is -1.68. The molecule has 10 nitrogen and oxygen atoms in total. The van der Waals surface area contributed by atoms with Gasteiger partial charge in [0, 0.05) is 50.2 Å². The van der Waals surface area contributed by atoms with Gasteiger partial charge in [-0.25, -0.2) is 9.97 Å². The predicted molar refractivity (Wildman–Crippen MR) is 134 cm³/mol. The Kier molecular flexibility index (Phi) is 8.11. The molecule has 186 valence electrons. The summed E-state index contributed by atoms with van der Waals surface area (Å²) >= 11 is 7.21. The fourth-order valence-corrected chi connectivity index (χ4v) is 5.40. The van der Waals surface area contributed by atoms with E-state index in [2.05, 4.69) is 42.3 Å². The van der Waals surface area contributed by atoms with E-state index in [1.54, 1.807) is 12.1 Å². The number of carbonyl (C=O) groups is 3. The number of thiazole rings is 1. The second-order valence-corrected chi connectivity index (χ2v) is 10.2. The number of pyridine rings is 1. The van der Waals surface area contributed by atoms with Crippen LogP contribution in [0.25, 0.3) is 0 Å². The fourth-order valence-electron chi connectivity index (χ4n) is 4.19. The lowest BCUT2D eigenvalue weighted by atomic mass is 9.98. The molecule has 3 N–H and O–H groups in total. The molecule has 0 unspecified atom stereocenters. The van der Waals surface area contributed by atoms with Crippen LogP contribution in [0.2, 0.25) is 5.02 Å². The monoisotopic (exact) mass is 517 g/mol. The number of likely N-dealkylation sites (N-methyl/N-ethyl adjacent to an activating group) is 1. The maximum absolute atomic E-state index is 13.1.